The molecule has 1 aromatic carbocycles. The number of rotatable bonds is 4. The number of hydrogen-bond donors (Lipinski definition) is 0. The summed E-state index contributed by atoms with van der Waals surface area (Å²) >= 11 is 3.66. The number of halogens is 1. The molecule has 1 aromatic rings. The van der Waals surface area contributed by atoms with E-state index < -0.39 is 0 Å². The van der Waals surface area contributed by atoms with Crippen LogP contribution < -0.4 is 4.74 Å². The van der Waals surface area contributed by atoms with Gasteiger partial charge in [0.2, 0.25) is 0 Å². The van der Waals surface area contributed by atoms with E-state index in [9.17, 15) is 10.1 Å². The number of alkyl halides is 1. The first-order chi connectivity index (χ1) is 8.88. The molecule has 104 valence electrons. The molecule has 2 rings (SSSR count). The van der Waals surface area contributed by atoms with Crippen molar-refractivity contribution in [2.75, 3.05) is 0 Å². The first-order valence-electron chi connectivity index (χ1n) is 6.44. The lowest BCUT2D eigenvalue weighted by Crippen LogP contribution is -2.54. The van der Waals surface area contributed by atoms with Crippen LogP contribution in [0.25, 0.3) is 0 Å². The summed E-state index contributed by atoms with van der Waals surface area (Å²) in [6, 6.07) is 4.77. The third-order valence-corrected chi connectivity index (χ3v) is 5.71. The second kappa shape index (κ2) is 5.12. The minimum absolute atomic E-state index is 0.0773. The van der Waals surface area contributed by atoms with Crippen LogP contribution in [0.1, 0.15) is 32.3 Å². The Balaban J connectivity index is 2.20. The highest BCUT2D eigenvalue weighted by Crippen LogP contribution is 2.50. The van der Waals surface area contributed by atoms with Gasteiger partial charge in [-0.15, -0.1) is 0 Å². The van der Waals surface area contributed by atoms with Crippen LogP contribution in [0.2, 0.25) is 0 Å². The summed E-state index contributed by atoms with van der Waals surface area (Å²) in [5, 5.41) is 10.8. The maximum absolute atomic E-state index is 10.8. The highest BCUT2D eigenvalue weighted by atomic mass is 79.9. The SMILES string of the molecule is CCC1(C)C(Br)CC1Oc1cc([N+](=O)[O-])ccc1C. The highest BCUT2D eigenvalue weighted by molar-refractivity contribution is 9.09. The number of ether oxygens (including phenoxy) is 1. The van der Waals surface area contributed by atoms with Gasteiger partial charge in [0.05, 0.1) is 11.0 Å². The highest BCUT2D eigenvalue weighted by Gasteiger charge is 2.51. The molecular formula is C14H18BrNO3. The largest absolute Gasteiger partial charge is 0.489 e. The van der Waals surface area contributed by atoms with Crippen LogP contribution in [-0.2, 0) is 0 Å². The van der Waals surface area contributed by atoms with Crippen LogP contribution in [0.5, 0.6) is 5.75 Å². The summed E-state index contributed by atoms with van der Waals surface area (Å²) < 4.78 is 6.01. The maximum atomic E-state index is 10.8. The molecule has 0 bridgehead atoms. The molecule has 0 aromatic heterocycles. The van der Waals surface area contributed by atoms with Gasteiger partial charge in [-0.2, -0.15) is 0 Å². The molecule has 1 aliphatic carbocycles. The van der Waals surface area contributed by atoms with Gasteiger partial charge >= 0.3 is 0 Å². The van der Waals surface area contributed by atoms with Gasteiger partial charge in [-0.25, -0.2) is 0 Å². The Bertz CT molecular complexity index is 505. The zero-order valence-electron chi connectivity index (χ0n) is 11.4. The smallest absolute Gasteiger partial charge is 0.273 e. The van der Waals surface area contributed by atoms with E-state index in [4.69, 9.17) is 4.74 Å². The molecule has 4 nitrogen and oxygen atoms in total. The lowest BCUT2D eigenvalue weighted by Gasteiger charge is -2.50. The molecule has 19 heavy (non-hydrogen) atoms. The fourth-order valence-corrected chi connectivity index (χ4v) is 3.34. The van der Waals surface area contributed by atoms with Gasteiger partial charge < -0.3 is 4.74 Å². The summed E-state index contributed by atoms with van der Waals surface area (Å²) in [4.78, 5) is 10.9. The molecule has 0 saturated heterocycles. The molecule has 0 N–H and O–H groups in total. The average Bonchev–Trinajstić information content (AvgIpc) is 2.39. The third kappa shape index (κ3) is 2.48. The number of aryl methyl sites for hydroxylation is 1. The van der Waals surface area contributed by atoms with E-state index in [2.05, 4.69) is 29.8 Å². The Morgan fingerprint density at radius 1 is 1.58 bits per heavy atom. The molecule has 0 radical (unpaired) electrons. The van der Waals surface area contributed by atoms with Crippen molar-refractivity contribution >= 4 is 21.6 Å². The van der Waals surface area contributed by atoms with Crippen LogP contribution in [0.15, 0.2) is 18.2 Å². The minimum Gasteiger partial charge on any atom is -0.489 e. The molecular weight excluding hydrogens is 310 g/mol. The molecule has 0 heterocycles. The number of hydrogen-bond acceptors (Lipinski definition) is 3. The van der Waals surface area contributed by atoms with Crippen molar-refractivity contribution in [3.8, 4) is 5.75 Å². The first kappa shape index (κ1) is 14.3. The molecule has 0 aliphatic heterocycles. The van der Waals surface area contributed by atoms with Crippen molar-refractivity contribution in [3.63, 3.8) is 0 Å². The van der Waals surface area contributed by atoms with Crippen molar-refractivity contribution in [1.29, 1.82) is 0 Å². The normalized spacial score (nSPS) is 29.7. The van der Waals surface area contributed by atoms with Crippen LogP contribution in [-0.4, -0.2) is 15.9 Å². The molecule has 3 atom stereocenters. The van der Waals surface area contributed by atoms with E-state index in [1.165, 1.54) is 12.1 Å². The summed E-state index contributed by atoms with van der Waals surface area (Å²) in [6.07, 6.45) is 2.07. The Labute approximate surface area is 121 Å². The van der Waals surface area contributed by atoms with E-state index in [1.54, 1.807) is 6.07 Å². The fraction of sp³-hybridized carbons (Fsp3) is 0.571. The van der Waals surface area contributed by atoms with Crippen molar-refractivity contribution in [2.45, 2.75) is 44.5 Å². The summed E-state index contributed by atoms with van der Waals surface area (Å²) in [5.74, 6) is 0.623. The van der Waals surface area contributed by atoms with Gasteiger partial charge in [0.25, 0.3) is 5.69 Å². The zero-order chi connectivity index (χ0) is 14.2. The maximum Gasteiger partial charge on any atom is 0.273 e. The standard InChI is InChI=1S/C14H18BrNO3/c1-4-14(3)12(15)8-13(14)19-11-7-10(16(17)18)6-5-9(11)2/h5-7,12-13H,4,8H2,1-3H3. The van der Waals surface area contributed by atoms with Gasteiger partial charge in [-0.1, -0.05) is 29.8 Å². The molecule has 0 spiro atoms. The minimum atomic E-state index is -0.390. The fourth-order valence-electron chi connectivity index (χ4n) is 2.38. The lowest BCUT2D eigenvalue weighted by molar-refractivity contribution is -0.385. The van der Waals surface area contributed by atoms with Crippen molar-refractivity contribution in [2.24, 2.45) is 5.41 Å². The topological polar surface area (TPSA) is 52.4 Å². The second-order valence-electron chi connectivity index (χ2n) is 5.38. The van der Waals surface area contributed by atoms with E-state index in [-0.39, 0.29) is 22.1 Å². The summed E-state index contributed by atoms with van der Waals surface area (Å²) in [7, 11) is 0. The van der Waals surface area contributed by atoms with E-state index in [1.807, 2.05) is 6.92 Å². The van der Waals surface area contributed by atoms with Crippen LogP contribution >= 0.6 is 15.9 Å². The van der Waals surface area contributed by atoms with Gasteiger partial charge in [-0.3, -0.25) is 10.1 Å². The number of nitrogens with zero attached hydrogens (tertiary/aromatic N) is 1. The molecule has 1 aliphatic rings. The molecule has 1 saturated carbocycles. The Hall–Kier alpha value is -1.10. The number of nitro groups is 1. The lowest BCUT2D eigenvalue weighted by atomic mass is 9.65. The average molecular weight is 328 g/mol. The van der Waals surface area contributed by atoms with Crippen LogP contribution in [0.4, 0.5) is 5.69 Å². The van der Waals surface area contributed by atoms with Crippen molar-refractivity contribution in [1.82, 2.24) is 0 Å². The van der Waals surface area contributed by atoms with Crippen LogP contribution in [0.3, 0.4) is 0 Å². The Kier molecular flexibility index (Phi) is 3.85. The van der Waals surface area contributed by atoms with Crippen LogP contribution in [0, 0.1) is 22.5 Å². The van der Waals surface area contributed by atoms with Gasteiger partial charge in [0.15, 0.2) is 0 Å². The predicted molar refractivity (Wildman–Crippen MR) is 78.0 cm³/mol. The quantitative estimate of drug-likeness (QED) is 0.472. The van der Waals surface area contributed by atoms with E-state index in [0.717, 1.165) is 18.4 Å². The molecule has 1 fully saturated rings. The molecule has 0 amide bonds. The van der Waals surface area contributed by atoms with Crippen molar-refractivity contribution < 1.29 is 9.66 Å². The van der Waals surface area contributed by atoms with E-state index >= 15 is 0 Å². The van der Waals surface area contributed by atoms with E-state index in [0.29, 0.717) is 10.6 Å². The number of nitro benzene ring substituents is 1. The number of benzene rings is 1. The predicted octanol–water partition coefficient (Wildman–Crippen LogP) is 4.23. The van der Waals surface area contributed by atoms with Gasteiger partial charge in [0.1, 0.15) is 11.9 Å². The second-order valence-corrected chi connectivity index (χ2v) is 6.48. The Morgan fingerprint density at radius 2 is 2.26 bits per heavy atom. The first-order valence-corrected chi connectivity index (χ1v) is 7.36. The molecule has 5 heteroatoms. The molecule has 3 unspecified atom stereocenters. The zero-order valence-corrected chi connectivity index (χ0v) is 12.9. The monoisotopic (exact) mass is 327 g/mol. The third-order valence-electron chi connectivity index (χ3n) is 4.29. The number of non-ortho nitro benzene ring substituents is 1. The summed E-state index contributed by atoms with van der Waals surface area (Å²) in [5.41, 5.74) is 1.10. The van der Waals surface area contributed by atoms with Gasteiger partial charge in [0, 0.05) is 16.3 Å². The van der Waals surface area contributed by atoms with Crippen molar-refractivity contribution in [3.05, 3.63) is 33.9 Å². The Morgan fingerprint density at radius 3 is 2.79 bits per heavy atom. The van der Waals surface area contributed by atoms with Gasteiger partial charge in [-0.05, 0) is 31.4 Å². The summed E-state index contributed by atoms with van der Waals surface area (Å²) in [6.45, 7) is 6.24.